The molecule has 0 fully saturated rings. The lowest BCUT2D eigenvalue weighted by molar-refractivity contribution is 0.460. The van der Waals surface area contributed by atoms with Crippen molar-refractivity contribution in [1.82, 2.24) is 9.97 Å². The molecule has 0 aliphatic heterocycles. The Bertz CT molecular complexity index is 517. The average Bonchev–Trinajstić information content (AvgIpc) is 2.25. The Morgan fingerprint density at radius 3 is 2.56 bits per heavy atom. The molecule has 0 aliphatic rings. The highest BCUT2D eigenvalue weighted by atomic mass is 35.5. The zero-order chi connectivity index (χ0) is 11.5. The molecule has 1 aromatic carbocycles. The number of hydrogen-bond acceptors (Lipinski definition) is 3. The summed E-state index contributed by atoms with van der Waals surface area (Å²) in [5.74, 6) is 0.754. The van der Waals surface area contributed by atoms with Crippen molar-refractivity contribution in [3.63, 3.8) is 0 Å². The number of aromatic nitrogens is 2. The molecule has 1 heterocycles. The Balaban J connectivity index is 2.31. The summed E-state index contributed by atoms with van der Waals surface area (Å²) in [5, 5.41) is 0.723. The van der Waals surface area contributed by atoms with Crippen molar-refractivity contribution in [2.24, 2.45) is 0 Å². The molecule has 5 heteroatoms. The van der Waals surface area contributed by atoms with Gasteiger partial charge in [-0.2, -0.15) is 0 Å². The number of benzene rings is 1. The minimum absolute atomic E-state index is 0.208. The van der Waals surface area contributed by atoms with Crippen molar-refractivity contribution in [3.05, 3.63) is 46.3 Å². The van der Waals surface area contributed by atoms with Crippen LogP contribution in [0, 0.1) is 6.92 Å². The summed E-state index contributed by atoms with van der Waals surface area (Å²) in [6.45, 7) is 1.95. The van der Waals surface area contributed by atoms with Gasteiger partial charge in [0.05, 0.1) is 5.02 Å². The van der Waals surface area contributed by atoms with Gasteiger partial charge in [-0.1, -0.05) is 29.3 Å². The van der Waals surface area contributed by atoms with Crippen LogP contribution in [0.5, 0.6) is 11.6 Å². The molecule has 0 aliphatic carbocycles. The van der Waals surface area contributed by atoms with Crippen LogP contribution < -0.4 is 4.74 Å². The van der Waals surface area contributed by atoms with Gasteiger partial charge < -0.3 is 4.74 Å². The van der Waals surface area contributed by atoms with Gasteiger partial charge >= 0.3 is 0 Å². The minimum atomic E-state index is 0.208. The summed E-state index contributed by atoms with van der Waals surface area (Å²) < 4.78 is 5.46. The third kappa shape index (κ3) is 2.43. The summed E-state index contributed by atoms with van der Waals surface area (Å²) in [6, 6.07) is 5.47. The van der Waals surface area contributed by atoms with Crippen molar-refractivity contribution in [1.29, 1.82) is 0 Å². The molecule has 0 radical (unpaired) electrons. The Labute approximate surface area is 103 Å². The second kappa shape index (κ2) is 4.68. The largest absolute Gasteiger partial charge is 0.435 e. The van der Waals surface area contributed by atoms with Gasteiger partial charge in [0.25, 0.3) is 5.88 Å². The van der Waals surface area contributed by atoms with Crippen LogP contribution in [0.1, 0.15) is 5.56 Å². The summed E-state index contributed by atoms with van der Waals surface area (Å²) in [6.07, 6.45) is 3.00. The van der Waals surface area contributed by atoms with Gasteiger partial charge in [0, 0.05) is 12.4 Å². The van der Waals surface area contributed by atoms with Crippen LogP contribution in [-0.2, 0) is 0 Å². The molecular weight excluding hydrogens is 247 g/mol. The highest BCUT2D eigenvalue weighted by Gasteiger charge is 2.07. The summed E-state index contributed by atoms with van der Waals surface area (Å²) in [4.78, 5) is 7.82. The number of rotatable bonds is 2. The van der Waals surface area contributed by atoms with Gasteiger partial charge in [-0.05, 0) is 24.6 Å². The normalized spacial score (nSPS) is 10.2. The maximum absolute atomic E-state index is 6.02. The Morgan fingerprint density at radius 2 is 1.88 bits per heavy atom. The van der Waals surface area contributed by atoms with E-state index < -0.39 is 0 Å². The van der Waals surface area contributed by atoms with Crippen LogP contribution >= 0.6 is 23.2 Å². The lowest BCUT2D eigenvalue weighted by Gasteiger charge is -2.07. The predicted molar refractivity (Wildman–Crippen MR) is 63.3 cm³/mol. The monoisotopic (exact) mass is 254 g/mol. The summed E-state index contributed by atoms with van der Waals surface area (Å²) in [5.41, 5.74) is 1.06. The van der Waals surface area contributed by atoms with Crippen molar-refractivity contribution < 1.29 is 4.74 Å². The number of aryl methyl sites for hydroxylation is 1. The third-order valence-electron chi connectivity index (χ3n) is 1.92. The molecule has 0 amide bonds. The first-order valence-corrected chi connectivity index (χ1v) is 5.33. The van der Waals surface area contributed by atoms with E-state index >= 15 is 0 Å². The van der Waals surface area contributed by atoms with Gasteiger partial charge in [-0.25, -0.2) is 9.97 Å². The number of hydrogen-bond donors (Lipinski definition) is 0. The van der Waals surface area contributed by atoms with Gasteiger partial charge in [-0.3, -0.25) is 0 Å². The molecular formula is C11H8Cl2N2O. The fourth-order valence-electron chi connectivity index (χ4n) is 1.17. The fraction of sp³-hybridized carbons (Fsp3) is 0.0909. The quantitative estimate of drug-likeness (QED) is 0.816. The van der Waals surface area contributed by atoms with Crippen LogP contribution in [0.25, 0.3) is 0 Å². The minimum Gasteiger partial charge on any atom is -0.435 e. The van der Waals surface area contributed by atoms with Gasteiger partial charge in [-0.15, -0.1) is 0 Å². The first-order chi connectivity index (χ1) is 7.66. The van der Waals surface area contributed by atoms with Gasteiger partial charge in [0.2, 0.25) is 0 Å². The maximum atomic E-state index is 6.02. The number of ether oxygens (including phenoxy) is 1. The van der Waals surface area contributed by atoms with E-state index in [9.17, 15) is 0 Å². The van der Waals surface area contributed by atoms with Crippen molar-refractivity contribution in [2.45, 2.75) is 6.92 Å². The Hall–Kier alpha value is -1.32. The number of halogens is 2. The second-order valence-corrected chi connectivity index (χ2v) is 3.95. The third-order valence-corrected chi connectivity index (χ3v) is 2.47. The van der Waals surface area contributed by atoms with Crippen molar-refractivity contribution in [2.75, 3.05) is 0 Å². The van der Waals surface area contributed by atoms with E-state index in [-0.39, 0.29) is 11.0 Å². The van der Waals surface area contributed by atoms with Crippen molar-refractivity contribution in [3.8, 4) is 11.6 Å². The van der Waals surface area contributed by atoms with Gasteiger partial charge in [0.15, 0.2) is 5.15 Å². The first-order valence-electron chi connectivity index (χ1n) is 4.57. The zero-order valence-corrected chi connectivity index (χ0v) is 9.96. The molecule has 0 bridgehead atoms. The van der Waals surface area contributed by atoms with E-state index in [1.165, 1.54) is 12.4 Å². The van der Waals surface area contributed by atoms with E-state index in [2.05, 4.69) is 9.97 Å². The van der Waals surface area contributed by atoms with E-state index in [4.69, 9.17) is 27.9 Å². The van der Waals surface area contributed by atoms with E-state index in [1.807, 2.05) is 13.0 Å². The SMILES string of the molecule is Cc1ccc(Oc2nccnc2Cl)c(Cl)c1. The van der Waals surface area contributed by atoms with Crippen LogP contribution in [0.15, 0.2) is 30.6 Å². The van der Waals surface area contributed by atoms with Crippen LogP contribution in [-0.4, -0.2) is 9.97 Å². The highest BCUT2D eigenvalue weighted by molar-refractivity contribution is 6.32. The van der Waals surface area contributed by atoms with Crippen LogP contribution in [0.2, 0.25) is 10.2 Å². The first kappa shape index (κ1) is 11.2. The molecule has 0 N–H and O–H groups in total. The molecule has 82 valence electrons. The topological polar surface area (TPSA) is 35.0 Å². The average molecular weight is 255 g/mol. The van der Waals surface area contributed by atoms with E-state index in [0.717, 1.165) is 5.56 Å². The summed E-state index contributed by atoms with van der Waals surface area (Å²) >= 11 is 11.8. The predicted octanol–water partition coefficient (Wildman–Crippen LogP) is 3.88. The molecule has 0 atom stereocenters. The standard InChI is InChI=1S/C11H8Cl2N2O/c1-7-2-3-9(8(12)6-7)16-11-10(13)14-4-5-15-11/h2-6H,1H3. The smallest absolute Gasteiger partial charge is 0.257 e. The molecule has 2 rings (SSSR count). The Kier molecular flexibility index (Phi) is 3.27. The van der Waals surface area contributed by atoms with E-state index in [1.54, 1.807) is 12.1 Å². The lowest BCUT2D eigenvalue weighted by atomic mass is 10.2. The molecule has 16 heavy (non-hydrogen) atoms. The Morgan fingerprint density at radius 1 is 1.12 bits per heavy atom. The fourth-order valence-corrected chi connectivity index (χ4v) is 1.59. The molecule has 1 aromatic heterocycles. The lowest BCUT2D eigenvalue weighted by Crippen LogP contribution is -1.91. The van der Waals surface area contributed by atoms with Crippen LogP contribution in [0.3, 0.4) is 0 Å². The second-order valence-electron chi connectivity index (χ2n) is 3.19. The maximum Gasteiger partial charge on any atom is 0.257 e. The molecule has 0 saturated heterocycles. The molecule has 0 saturated carbocycles. The van der Waals surface area contributed by atoms with Crippen molar-refractivity contribution >= 4 is 23.2 Å². The van der Waals surface area contributed by atoms with Gasteiger partial charge in [0.1, 0.15) is 5.75 Å². The van der Waals surface area contributed by atoms with Crippen LogP contribution in [0.4, 0.5) is 0 Å². The van der Waals surface area contributed by atoms with E-state index in [0.29, 0.717) is 10.8 Å². The zero-order valence-electron chi connectivity index (χ0n) is 8.45. The molecule has 0 unspecified atom stereocenters. The highest BCUT2D eigenvalue weighted by Crippen LogP contribution is 2.31. The number of nitrogens with zero attached hydrogens (tertiary/aromatic N) is 2. The molecule has 0 spiro atoms. The molecule has 2 aromatic rings. The summed E-state index contributed by atoms with van der Waals surface area (Å²) in [7, 11) is 0. The molecule has 3 nitrogen and oxygen atoms in total.